The van der Waals surface area contributed by atoms with Crippen LogP contribution in [0.3, 0.4) is 0 Å². The molecule has 1 amide bonds. The minimum Gasteiger partial charge on any atom is -0.326 e. The summed E-state index contributed by atoms with van der Waals surface area (Å²) in [6.07, 6.45) is 2.99. The number of benzene rings is 1. The molecule has 0 aromatic heterocycles. The van der Waals surface area contributed by atoms with Gasteiger partial charge in [0.05, 0.1) is 0 Å². The predicted octanol–water partition coefficient (Wildman–Crippen LogP) is 2.90. The van der Waals surface area contributed by atoms with E-state index in [0.717, 1.165) is 45.6 Å². The monoisotopic (exact) mass is 355 g/mol. The molecule has 0 radical (unpaired) electrons. The number of halogens is 2. The number of rotatable bonds is 4. The number of nitrogens with zero attached hydrogens (tertiary/aromatic N) is 1. The van der Waals surface area contributed by atoms with Crippen LogP contribution < -0.4 is 10.6 Å². The molecule has 3 rings (SSSR count). The maximum absolute atomic E-state index is 13.2. The zero-order chi connectivity index (χ0) is 16.3. The Bertz CT molecular complexity index is 555. The fraction of sp³-hybridized carbons (Fsp3) is 0.611. The number of carbonyl (C=O) groups excluding carboxylic acids is 1. The standard InChI is InChI=1S/C18H26FN3O.ClH/c1-18(7-8-20-12-18)13-22-9-5-14(6-10-22)17(23)21-16-4-2-3-15(19)11-16;/h2-4,11,14,20H,5-10,12-13H2,1H3,(H,21,23);1H. The third-order valence-corrected chi connectivity index (χ3v) is 5.11. The van der Waals surface area contributed by atoms with Crippen LogP contribution in [0.2, 0.25) is 0 Å². The molecule has 0 saturated carbocycles. The van der Waals surface area contributed by atoms with Gasteiger partial charge in [0.25, 0.3) is 0 Å². The number of carbonyl (C=O) groups is 1. The Morgan fingerprint density at radius 1 is 1.42 bits per heavy atom. The molecule has 2 aliphatic heterocycles. The van der Waals surface area contributed by atoms with Gasteiger partial charge in [-0.1, -0.05) is 13.0 Å². The van der Waals surface area contributed by atoms with E-state index in [0.29, 0.717) is 11.1 Å². The first-order chi connectivity index (χ1) is 11.0. The topological polar surface area (TPSA) is 44.4 Å². The summed E-state index contributed by atoms with van der Waals surface area (Å²) in [4.78, 5) is 14.8. The molecular formula is C18H27ClFN3O. The predicted molar refractivity (Wildman–Crippen MR) is 97.0 cm³/mol. The zero-order valence-electron chi connectivity index (χ0n) is 14.2. The normalized spacial score (nSPS) is 25.2. The number of nitrogens with one attached hydrogen (secondary N) is 2. The Balaban J connectivity index is 0.00000208. The summed E-state index contributed by atoms with van der Waals surface area (Å²) in [5.74, 6) is -0.274. The van der Waals surface area contributed by atoms with Crippen LogP contribution >= 0.6 is 12.4 Å². The van der Waals surface area contributed by atoms with Gasteiger partial charge in [0.15, 0.2) is 0 Å². The molecule has 0 bridgehead atoms. The summed E-state index contributed by atoms with van der Waals surface area (Å²) < 4.78 is 13.2. The van der Waals surface area contributed by atoms with Gasteiger partial charge >= 0.3 is 0 Å². The second kappa shape index (κ2) is 8.28. The highest BCUT2D eigenvalue weighted by Crippen LogP contribution is 2.28. The van der Waals surface area contributed by atoms with Crippen LogP contribution in [-0.4, -0.2) is 43.5 Å². The van der Waals surface area contributed by atoms with Crippen LogP contribution in [0.1, 0.15) is 26.2 Å². The van der Waals surface area contributed by atoms with E-state index in [1.165, 1.54) is 18.6 Å². The minimum absolute atomic E-state index is 0. The van der Waals surface area contributed by atoms with Gasteiger partial charge < -0.3 is 15.5 Å². The molecule has 2 fully saturated rings. The second-order valence-corrected chi connectivity index (χ2v) is 7.29. The SMILES string of the molecule is CC1(CN2CCC(C(=O)Nc3cccc(F)c3)CC2)CCNC1.Cl. The quantitative estimate of drug-likeness (QED) is 0.872. The van der Waals surface area contributed by atoms with Crippen molar-refractivity contribution in [2.45, 2.75) is 26.2 Å². The lowest BCUT2D eigenvalue weighted by molar-refractivity contribution is -0.121. The van der Waals surface area contributed by atoms with E-state index in [2.05, 4.69) is 22.5 Å². The Labute approximate surface area is 149 Å². The van der Waals surface area contributed by atoms with Gasteiger partial charge in [0.2, 0.25) is 5.91 Å². The van der Waals surface area contributed by atoms with Crippen molar-refractivity contribution in [3.05, 3.63) is 30.1 Å². The highest BCUT2D eigenvalue weighted by molar-refractivity contribution is 5.92. The number of amides is 1. The average molecular weight is 356 g/mol. The molecule has 1 aromatic carbocycles. The number of piperidine rings is 1. The van der Waals surface area contributed by atoms with Gasteiger partial charge in [0, 0.05) is 24.7 Å². The number of anilines is 1. The highest BCUT2D eigenvalue weighted by atomic mass is 35.5. The molecule has 0 aliphatic carbocycles. The van der Waals surface area contributed by atoms with Crippen molar-refractivity contribution in [1.82, 2.24) is 10.2 Å². The van der Waals surface area contributed by atoms with Crippen LogP contribution in [-0.2, 0) is 4.79 Å². The van der Waals surface area contributed by atoms with E-state index in [9.17, 15) is 9.18 Å². The third-order valence-electron chi connectivity index (χ3n) is 5.11. The molecule has 6 heteroatoms. The van der Waals surface area contributed by atoms with Gasteiger partial charge in [-0.25, -0.2) is 4.39 Å². The first-order valence-corrected chi connectivity index (χ1v) is 8.54. The van der Waals surface area contributed by atoms with Gasteiger partial charge in [-0.3, -0.25) is 4.79 Å². The fourth-order valence-corrected chi connectivity index (χ4v) is 3.71. The number of likely N-dealkylation sites (tertiary alicyclic amines) is 1. The van der Waals surface area contributed by atoms with Gasteiger partial charge in [-0.05, 0) is 62.5 Å². The molecule has 2 N–H and O–H groups in total. The van der Waals surface area contributed by atoms with Gasteiger partial charge in [-0.2, -0.15) is 0 Å². The molecule has 134 valence electrons. The van der Waals surface area contributed by atoms with E-state index in [-0.39, 0.29) is 30.0 Å². The fourth-order valence-electron chi connectivity index (χ4n) is 3.71. The van der Waals surface area contributed by atoms with Crippen LogP contribution in [0.15, 0.2) is 24.3 Å². The Morgan fingerprint density at radius 2 is 2.17 bits per heavy atom. The van der Waals surface area contributed by atoms with E-state index < -0.39 is 0 Å². The third kappa shape index (κ3) is 4.91. The summed E-state index contributed by atoms with van der Waals surface area (Å²) in [7, 11) is 0. The van der Waals surface area contributed by atoms with Crippen molar-refractivity contribution in [2.75, 3.05) is 38.0 Å². The molecule has 4 nitrogen and oxygen atoms in total. The average Bonchev–Trinajstić information content (AvgIpc) is 2.94. The number of hydrogen-bond acceptors (Lipinski definition) is 3. The summed E-state index contributed by atoms with van der Waals surface area (Å²) in [6, 6.07) is 6.08. The molecule has 1 aromatic rings. The first-order valence-electron chi connectivity index (χ1n) is 8.54. The Hall–Kier alpha value is -1.17. The highest BCUT2D eigenvalue weighted by Gasteiger charge is 2.33. The van der Waals surface area contributed by atoms with Crippen LogP contribution in [0.5, 0.6) is 0 Å². The van der Waals surface area contributed by atoms with E-state index >= 15 is 0 Å². The molecule has 2 saturated heterocycles. The van der Waals surface area contributed by atoms with Crippen LogP contribution in [0, 0.1) is 17.2 Å². The van der Waals surface area contributed by atoms with E-state index in [1.807, 2.05) is 0 Å². The first kappa shape index (κ1) is 19.2. The van der Waals surface area contributed by atoms with Crippen molar-refractivity contribution < 1.29 is 9.18 Å². The summed E-state index contributed by atoms with van der Waals surface area (Å²) in [5.41, 5.74) is 0.915. The van der Waals surface area contributed by atoms with Crippen molar-refractivity contribution in [3.63, 3.8) is 0 Å². The van der Waals surface area contributed by atoms with Crippen molar-refractivity contribution in [1.29, 1.82) is 0 Å². The largest absolute Gasteiger partial charge is 0.326 e. The van der Waals surface area contributed by atoms with E-state index in [4.69, 9.17) is 0 Å². The summed E-state index contributed by atoms with van der Waals surface area (Å²) in [5, 5.41) is 6.28. The summed E-state index contributed by atoms with van der Waals surface area (Å²) in [6.45, 7) is 7.59. The molecule has 24 heavy (non-hydrogen) atoms. The zero-order valence-corrected chi connectivity index (χ0v) is 15.0. The van der Waals surface area contributed by atoms with Gasteiger partial charge in [0.1, 0.15) is 5.82 Å². The lowest BCUT2D eigenvalue weighted by Crippen LogP contribution is -2.43. The Morgan fingerprint density at radius 3 is 2.79 bits per heavy atom. The lowest BCUT2D eigenvalue weighted by Gasteiger charge is -2.36. The van der Waals surface area contributed by atoms with Gasteiger partial charge in [-0.15, -0.1) is 12.4 Å². The maximum Gasteiger partial charge on any atom is 0.227 e. The molecule has 1 unspecified atom stereocenters. The van der Waals surface area contributed by atoms with Crippen molar-refractivity contribution >= 4 is 24.0 Å². The molecular weight excluding hydrogens is 329 g/mol. The van der Waals surface area contributed by atoms with Crippen molar-refractivity contribution in [3.8, 4) is 0 Å². The summed E-state index contributed by atoms with van der Waals surface area (Å²) >= 11 is 0. The lowest BCUT2D eigenvalue weighted by atomic mass is 9.87. The molecule has 2 aliphatic rings. The molecule has 2 heterocycles. The van der Waals surface area contributed by atoms with Crippen LogP contribution in [0.4, 0.5) is 10.1 Å². The Kier molecular flexibility index (Phi) is 6.61. The smallest absolute Gasteiger partial charge is 0.227 e. The van der Waals surface area contributed by atoms with Crippen LogP contribution in [0.25, 0.3) is 0 Å². The van der Waals surface area contributed by atoms with Crippen molar-refractivity contribution in [2.24, 2.45) is 11.3 Å². The number of hydrogen-bond donors (Lipinski definition) is 2. The molecule has 1 atom stereocenters. The minimum atomic E-state index is -0.323. The molecule has 0 spiro atoms. The maximum atomic E-state index is 13.2. The second-order valence-electron chi connectivity index (χ2n) is 7.29. The van der Waals surface area contributed by atoms with E-state index in [1.54, 1.807) is 12.1 Å².